The van der Waals surface area contributed by atoms with Gasteiger partial charge in [-0.05, 0) is 35.1 Å². The smallest absolute Gasteiger partial charge is 0.246 e. The first-order valence-electron chi connectivity index (χ1n) is 6.35. The molecule has 1 amide bonds. The molecule has 0 bridgehead atoms. The number of hydrogen-bond donors (Lipinski definition) is 2. The van der Waals surface area contributed by atoms with Crippen LogP contribution in [0.2, 0.25) is 0 Å². The molecule has 6 heteroatoms. The maximum Gasteiger partial charge on any atom is 0.246 e. The molecule has 2 aliphatic heterocycles. The Hall–Kier alpha value is -0.720. The van der Waals surface area contributed by atoms with Crippen LogP contribution in [-0.2, 0) is 4.79 Å². The van der Waals surface area contributed by atoms with Gasteiger partial charge in [0.05, 0.1) is 5.69 Å². The van der Waals surface area contributed by atoms with Gasteiger partial charge in [0, 0.05) is 40.3 Å². The molecule has 19 heavy (non-hydrogen) atoms. The van der Waals surface area contributed by atoms with Crippen molar-refractivity contribution < 1.29 is 4.79 Å². The normalized spacial score (nSPS) is 22.3. The predicted molar refractivity (Wildman–Crippen MR) is 84.1 cm³/mol. The van der Waals surface area contributed by atoms with Crippen molar-refractivity contribution in [2.45, 2.75) is 6.04 Å². The zero-order valence-corrected chi connectivity index (χ0v) is 13.1. The molecule has 1 aromatic rings. The molecular weight excluding hydrogens is 326 g/mol. The first-order valence-corrected chi connectivity index (χ1v) is 8.29. The lowest BCUT2D eigenvalue weighted by Crippen LogP contribution is -2.32. The summed E-state index contributed by atoms with van der Waals surface area (Å²) in [6.45, 7) is 2.12. The number of fused-ring (bicyclic) bond motifs is 1. The lowest BCUT2D eigenvalue weighted by atomic mass is 10.1. The number of nitrogens with one attached hydrogen (secondary N) is 2. The molecule has 3 rings (SSSR count). The molecule has 1 fully saturated rings. The highest BCUT2D eigenvalue weighted by Crippen LogP contribution is 2.39. The summed E-state index contributed by atoms with van der Waals surface area (Å²) < 4.78 is 1.06. The molecule has 0 aliphatic carbocycles. The fraction of sp³-hybridized carbons (Fsp3) is 0.462. The molecule has 0 aromatic heterocycles. The number of carbonyl (C=O) groups excluding carboxylic acids is 1. The van der Waals surface area contributed by atoms with E-state index >= 15 is 0 Å². The van der Waals surface area contributed by atoms with E-state index in [-0.39, 0.29) is 11.9 Å². The van der Waals surface area contributed by atoms with Gasteiger partial charge in [0.25, 0.3) is 0 Å². The van der Waals surface area contributed by atoms with Gasteiger partial charge in [-0.25, -0.2) is 0 Å². The summed E-state index contributed by atoms with van der Waals surface area (Å²) in [6, 6.07) is 3.91. The molecule has 0 saturated carbocycles. The standard InChI is InChI=1S/C13H16BrN3OS/c1-15-12-8-6-9(14)11(7-10(8)16-13(12)18)17-2-4-19-5-3-17/h6-7,12,15H,2-5H2,1H3,(H,16,18). The summed E-state index contributed by atoms with van der Waals surface area (Å²) in [5, 5.41) is 6.00. The van der Waals surface area contributed by atoms with E-state index < -0.39 is 0 Å². The Morgan fingerprint density at radius 2 is 2.16 bits per heavy atom. The second-order valence-electron chi connectivity index (χ2n) is 4.70. The van der Waals surface area contributed by atoms with Gasteiger partial charge in [-0.3, -0.25) is 4.79 Å². The van der Waals surface area contributed by atoms with Crippen LogP contribution in [0.4, 0.5) is 11.4 Å². The number of amides is 1. The van der Waals surface area contributed by atoms with E-state index in [0.717, 1.165) is 40.3 Å². The van der Waals surface area contributed by atoms with Gasteiger partial charge in [-0.15, -0.1) is 0 Å². The van der Waals surface area contributed by atoms with Gasteiger partial charge < -0.3 is 15.5 Å². The van der Waals surface area contributed by atoms with Crippen molar-refractivity contribution in [3.8, 4) is 0 Å². The van der Waals surface area contributed by atoms with Crippen molar-refractivity contribution in [1.29, 1.82) is 0 Å². The van der Waals surface area contributed by atoms with E-state index in [4.69, 9.17) is 0 Å². The molecule has 1 unspecified atom stereocenters. The van der Waals surface area contributed by atoms with Crippen LogP contribution in [0.5, 0.6) is 0 Å². The summed E-state index contributed by atoms with van der Waals surface area (Å²) >= 11 is 5.64. The number of likely N-dealkylation sites (N-methyl/N-ethyl adjacent to an activating group) is 1. The van der Waals surface area contributed by atoms with Crippen LogP contribution >= 0.6 is 27.7 Å². The van der Waals surface area contributed by atoms with Gasteiger partial charge in [0.1, 0.15) is 6.04 Å². The Morgan fingerprint density at radius 1 is 1.42 bits per heavy atom. The van der Waals surface area contributed by atoms with Gasteiger partial charge in [0.2, 0.25) is 5.91 Å². The van der Waals surface area contributed by atoms with Crippen molar-refractivity contribution in [1.82, 2.24) is 5.32 Å². The molecular formula is C13H16BrN3OS. The van der Waals surface area contributed by atoms with Crippen molar-refractivity contribution in [3.63, 3.8) is 0 Å². The second-order valence-corrected chi connectivity index (χ2v) is 6.78. The third-order valence-electron chi connectivity index (χ3n) is 3.59. The first-order chi connectivity index (χ1) is 9.20. The highest BCUT2D eigenvalue weighted by atomic mass is 79.9. The number of hydrogen-bond acceptors (Lipinski definition) is 4. The number of thioether (sulfide) groups is 1. The third kappa shape index (κ3) is 2.37. The number of anilines is 2. The molecule has 1 atom stereocenters. The van der Waals surface area contributed by atoms with Crippen LogP contribution in [0, 0.1) is 0 Å². The maximum atomic E-state index is 11.9. The van der Waals surface area contributed by atoms with Crippen LogP contribution in [0.15, 0.2) is 16.6 Å². The molecule has 1 aromatic carbocycles. The molecule has 0 spiro atoms. The van der Waals surface area contributed by atoms with Crippen LogP contribution in [-0.4, -0.2) is 37.6 Å². The SMILES string of the molecule is CNC1C(=O)Nc2cc(N3CCSCC3)c(Br)cc21. The zero-order chi connectivity index (χ0) is 13.4. The van der Waals surface area contributed by atoms with Gasteiger partial charge in [0.15, 0.2) is 0 Å². The topological polar surface area (TPSA) is 44.4 Å². The lowest BCUT2D eigenvalue weighted by molar-refractivity contribution is -0.117. The molecule has 102 valence electrons. The number of carbonyl (C=O) groups is 1. The average Bonchev–Trinajstić information content (AvgIpc) is 2.73. The van der Waals surface area contributed by atoms with E-state index in [1.807, 2.05) is 18.8 Å². The van der Waals surface area contributed by atoms with Crippen molar-refractivity contribution in [3.05, 3.63) is 22.2 Å². The first kappa shape index (κ1) is 13.3. The average molecular weight is 342 g/mol. The number of halogens is 1. The molecule has 2 aliphatic rings. The van der Waals surface area contributed by atoms with E-state index in [9.17, 15) is 4.79 Å². The Labute approximate surface area is 125 Å². The largest absolute Gasteiger partial charge is 0.369 e. The third-order valence-corrected chi connectivity index (χ3v) is 5.17. The lowest BCUT2D eigenvalue weighted by Gasteiger charge is -2.29. The minimum absolute atomic E-state index is 0.0238. The molecule has 2 heterocycles. The van der Waals surface area contributed by atoms with Crippen LogP contribution < -0.4 is 15.5 Å². The highest BCUT2D eigenvalue weighted by molar-refractivity contribution is 9.10. The van der Waals surface area contributed by atoms with E-state index in [2.05, 4.69) is 43.6 Å². The van der Waals surface area contributed by atoms with Gasteiger partial charge >= 0.3 is 0 Å². The maximum absolute atomic E-state index is 11.9. The van der Waals surface area contributed by atoms with Crippen LogP contribution in [0.1, 0.15) is 11.6 Å². The minimum atomic E-state index is -0.239. The summed E-state index contributed by atoms with van der Waals surface area (Å²) in [6.07, 6.45) is 0. The Balaban J connectivity index is 1.96. The van der Waals surface area contributed by atoms with Crippen molar-refractivity contribution >= 4 is 45.0 Å². The Bertz CT molecular complexity index is 517. The summed E-state index contributed by atoms with van der Waals surface area (Å²) in [4.78, 5) is 14.2. The number of benzene rings is 1. The molecule has 4 nitrogen and oxygen atoms in total. The Morgan fingerprint density at radius 3 is 2.84 bits per heavy atom. The molecule has 2 N–H and O–H groups in total. The monoisotopic (exact) mass is 341 g/mol. The van der Waals surface area contributed by atoms with Crippen LogP contribution in [0.3, 0.4) is 0 Å². The van der Waals surface area contributed by atoms with Gasteiger partial charge in [-0.1, -0.05) is 0 Å². The molecule has 0 radical (unpaired) electrons. The quantitative estimate of drug-likeness (QED) is 0.865. The van der Waals surface area contributed by atoms with Crippen LogP contribution in [0.25, 0.3) is 0 Å². The van der Waals surface area contributed by atoms with Crippen molar-refractivity contribution in [2.75, 3.05) is 41.9 Å². The summed E-state index contributed by atoms with van der Waals surface area (Å²) in [7, 11) is 1.81. The van der Waals surface area contributed by atoms with E-state index in [1.54, 1.807) is 0 Å². The minimum Gasteiger partial charge on any atom is -0.369 e. The fourth-order valence-electron chi connectivity index (χ4n) is 2.60. The van der Waals surface area contributed by atoms with Crippen molar-refractivity contribution in [2.24, 2.45) is 0 Å². The molecule has 1 saturated heterocycles. The number of rotatable bonds is 2. The Kier molecular flexibility index (Phi) is 3.73. The zero-order valence-electron chi connectivity index (χ0n) is 10.7. The van der Waals surface area contributed by atoms with E-state index in [0.29, 0.717) is 0 Å². The second kappa shape index (κ2) is 5.34. The van der Waals surface area contributed by atoms with Gasteiger partial charge in [-0.2, -0.15) is 11.8 Å². The fourth-order valence-corrected chi connectivity index (χ4v) is 4.12. The van der Waals surface area contributed by atoms with E-state index in [1.165, 1.54) is 5.69 Å². The highest BCUT2D eigenvalue weighted by Gasteiger charge is 2.30. The number of nitrogens with zero attached hydrogens (tertiary/aromatic N) is 1. The summed E-state index contributed by atoms with van der Waals surface area (Å²) in [5.41, 5.74) is 3.13. The predicted octanol–water partition coefficient (Wildman–Crippen LogP) is 2.21. The summed E-state index contributed by atoms with van der Waals surface area (Å²) in [5.74, 6) is 2.35.